The number of rotatable bonds is 3. The van der Waals surface area contributed by atoms with Gasteiger partial charge in [-0.05, 0) is 12.5 Å². The van der Waals surface area contributed by atoms with Gasteiger partial charge in [0.15, 0.2) is 0 Å². The summed E-state index contributed by atoms with van der Waals surface area (Å²) in [5, 5.41) is 19.8. The van der Waals surface area contributed by atoms with E-state index in [1.54, 1.807) is 0 Å². The summed E-state index contributed by atoms with van der Waals surface area (Å²) in [7, 11) is 0. The van der Waals surface area contributed by atoms with Crippen molar-refractivity contribution in [3.05, 3.63) is 33.9 Å². The minimum Gasteiger partial charge on any atom is -0.478 e. The molecule has 1 aromatic rings. The van der Waals surface area contributed by atoms with Gasteiger partial charge in [0, 0.05) is 25.0 Å². The molecule has 0 unspecified atom stereocenters. The number of anilines is 1. The Hall–Kier alpha value is -2.77. The molecule has 1 saturated heterocycles. The quantitative estimate of drug-likeness (QED) is 0.506. The standard InChI is InChI=1S/C12H10N2O6/c15-10-2-1-3-11(16)13(10)9-5-4-7(14(19)20)6-8(9)12(17)18/h4-6H,1-3H2,(H,17,18). The van der Waals surface area contributed by atoms with Crippen molar-refractivity contribution < 1.29 is 24.4 Å². The fourth-order valence-corrected chi connectivity index (χ4v) is 2.03. The molecular weight excluding hydrogens is 268 g/mol. The van der Waals surface area contributed by atoms with Gasteiger partial charge in [-0.1, -0.05) is 0 Å². The summed E-state index contributed by atoms with van der Waals surface area (Å²) in [4.78, 5) is 45.4. The lowest BCUT2D eigenvalue weighted by atomic mass is 10.1. The van der Waals surface area contributed by atoms with Crippen molar-refractivity contribution in [2.45, 2.75) is 19.3 Å². The maximum absolute atomic E-state index is 11.8. The van der Waals surface area contributed by atoms with E-state index in [0.717, 1.165) is 23.1 Å². The molecule has 0 aliphatic carbocycles. The second kappa shape index (κ2) is 5.08. The van der Waals surface area contributed by atoms with Crippen LogP contribution < -0.4 is 4.90 Å². The molecule has 8 heteroatoms. The van der Waals surface area contributed by atoms with Crippen molar-refractivity contribution >= 4 is 29.2 Å². The van der Waals surface area contributed by atoms with E-state index < -0.39 is 34.0 Å². The number of carboxylic acid groups (broad SMARTS) is 1. The smallest absolute Gasteiger partial charge is 0.338 e. The molecule has 1 aliphatic rings. The number of carboxylic acids is 1. The first-order chi connectivity index (χ1) is 9.41. The third-order valence-corrected chi connectivity index (χ3v) is 2.94. The van der Waals surface area contributed by atoms with Crippen LogP contribution in [0.1, 0.15) is 29.6 Å². The van der Waals surface area contributed by atoms with E-state index >= 15 is 0 Å². The number of nitro benzene ring substituents is 1. The number of carbonyl (C=O) groups excluding carboxylic acids is 2. The highest BCUT2D eigenvalue weighted by molar-refractivity contribution is 6.18. The van der Waals surface area contributed by atoms with Crippen LogP contribution in [0, 0.1) is 10.1 Å². The summed E-state index contributed by atoms with van der Waals surface area (Å²) in [6, 6.07) is 3.02. The normalized spacial score (nSPS) is 15.3. The number of hydrogen-bond acceptors (Lipinski definition) is 5. The van der Waals surface area contributed by atoms with Crippen molar-refractivity contribution in [3.63, 3.8) is 0 Å². The van der Waals surface area contributed by atoms with Gasteiger partial charge in [-0.25, -0.2) is 9.69 Å². The molecule has 2 rings (SSSR count). The number of carbonyl (C=O) groups is 3. The predicted octanol–water partition coefficient (Wildman–Crippen LogP) is 1.34. The first-order valence-corrected chi connectivity index (χ1v) is 5.79. The Kier molecular flexibility index (Phi) is 3.47. The highest BCUT2D eigenvalue weighted by Crippen LogP contribution is 2.29. The van der Waals surface area contributed by atoms with E-state index in [2.05, 4.69) is 0 Å². The van der Waals surface area contributed by atoms with Gasteiger partial charge in [0.25, 0.3) is 5.69 Å². The lowest BCUT2D eigenvalue weighted by Crippen LogP contribution is -2.41. The molecule has 1 aromatic carbocycles. The van der Waals surface area contributed by atoms with E-state index in [-0.39, 0.29) is 18.5 Å². The van der Waals surface area contributed by atoms with E-state index in [1.807, 2.05) is 0 Å². The fraction of sp³-hybridized carbons (Fsp3) is 0.250. The second-order valence-corrected chi connectivity index (χ2v) is 4.24. The average Bonchev–Trinajstić information content (AvgIpc) is 2.38. The van der Waals surface area contributed by atoms with Crippen molar-refractivity contribution in [3.8, 4) is 0 Å². The van der Waals surface area contributed by atoms with Gasteiger partial charge in [-0.15, -0.1) is 0 Å². The predicted molar refractivity (Wildman–Crippen MR) is 66.4 cm³/mol. The van der Waals surface area contributed by atoms with E-state index in [0.29, 0.717) is 6.42 Å². The average molecular weight is 278 g/mol. The molecule has 20 heavy (non-hydrogen) atoms. The molecule has 0 saturated carbocycles. The fourth-order valence-electron chi connectivity index (χ4n) is 2.03. The summed E-state index contributed by atoms with van der Waals surface area (Å²) in [5.41, 5.74) is -0.983. The highest BCUT2D eigenvalue weighted by atomic mass is 16.6. The topological polar surface area (TPSA) is 118 Å². The number of aromatic carboxylic acids is 1. The number of benzene rings is 1. The Balaban J connectivity index is 2.55. The molecule has 0 aromatic heterocycles. The number of piperidine rings is 1. The summed E-state index contributed by atoms with van der Waals surface area (Å²) in [5.74, 6) is -2.44. The molecule has 0 radical (unpaired) electrons. The van der Waals surface area contributed by atoms with Crippen molar-refractivity contribution in [1.82, 2.24) is 0 Å². The number of nitro groups is 1. The third-order valence-electron chi connectivity index (χ3n) is 2.94. The molecule has 1 N–H and O–H groups in total. The summed E-state index contributed by atoms with van der Waals surface area (Å²) >= 11 is 0. The van der Waals surface area contributed by atoms with Gasteiger partial charge in [-0.3, -0.25) is 19.7 Å². The largest absolute Gasteiger partial charge is 0.478 e. The molecule has 1 fully saturated rings. The number of amides is 2. The summed E-state index contributed by atoms with van der Waals surface area (Å²) in [6.45, 7) is 0. The molecule has 8 nitrogen and oxygen atoms in total. The molecule has 1 heterocycles. The Morgan fingerprint density at radius 1 is 1.25 bits per heavy atom. The van der Waals surface area contributed by atoms with Crippen LogP contribution in [0.25, 0.3) is 0 Å². The van der Waals surface area contributed by atoms with Crippen LogP contribution >= 0.6 is 0 Å². The first kappa shape index (κ1) is 13.7. The SMILES string of the molecule is O=C(O)c1cc([N+](=O)[O-])ccc1N1C(=O)CCCC1=O. The third kappa shape index (κ3) is 2.35. The minimum atomic E-state index is -1.44. The highest BCUT2D eigenvalue weighted by Gasteiger charge is 2.31. The summed E-state index contributed by atoms with van der Waals surface area (Å²) < 4.78 is 0. The van der Waals surface area contributed by atoms with E-state index in [4.69, 9.17) is 5.11 Å². The number of nitrogens with zero attached hydrogens (tertiary/aromatic N) is 2. The van der Waals surface area contributed by atoms with Crippen LogP contribution in [0.5, 0.6) is 0 Å². The maximum atomic E-state index is 11.8. The number of imide groups is 1. The number of non-ortho nitro benzene ring substituents is 1. The molecular formula is C12H10N2O6. The van der Waals surface area contributed by atoms with Crippen molar-refractivity contribution in [2.24, 2.45) is 0 Å². The second-order valence-electron chi connectivity index (χ2n) is 4.24. The van der Waals surface area contributed by atoms with Crippen LogP contribution in [-0.2, 0) is 9.59 Å². The van der Waals surface area contributed by atoms with Gasteiger partial charge >= 0.3 is 5.97 Å². The minimum absolute atomic E-state index is 0.127. The van der Waals surface area contributed by atoms with E-state index in [1.165, 1.54) is 0 Å². The van der Waals surface area contributed by atoms with Gasteiger partial charge in [0.1, 0.15) is 0 Å². The Labute approximate surface area is 112 Å². The molecule has 0 bridgehead atoms. The van der Waals surface area contributed by atoms with Gasteiger partial charge in [0.05, 0.1) is 16.2 Å². The van der Waals surface area contributed by atoms with Crippen LogP contribution in [0.4, 0.5) is 11.4 Å². The molecule has 2 amide bonds. The zero-order chi connectivity index (χ0) is 14.9. The zero-order valence-electron chi connectivity index (χ0n) is 10.2. The van der Waals surface area contributed by atoms with Crippen LogP contribution in [-0.4, -0.2) is 27.8 Å². The Morgan fingerprint density at radius 2 is 1.85 bits per heavy atom. The lowest BCUT2D eigenvalue weighted by molar-refractivity contribution is -0.384. The van der Waals surface area contributed by atoms with E-state index in [9.17, 15) is 24.5 Å². The molecule has 104 valence electrons. The van der Waals surface area contributed by atoms with Gasteiger partial charge < -0.3 is 5.11 Å². The van der Waals surface area contributed by atoms with Crippen LogP contribution in [0.2, 0.25) is 0 Å². The van der Waals surface area contributed by atoms with Crippen LogP contribution in [0.3, 0.4) is 0 Å². The monoisotopic (exact) mass is 278 g/mol. The molecule has 0 atom stereocenters. The molecule has 1 aliphatic heterocycles. The zero-order valence-corrected chi connectivity index (χ0v) is 10.2. The van der Waals surface area contributed by atoms with Crippen molar-refractivity contribution in [1.29, 1.82) is 0 Å². The van der Waals surface area contributed by atoms with Crippen LogP contribution in [0.15, 0.2) is 18.2 Å². The van der Waals surface area contributed by atoms with Crippen molar-refractivity contribution in [2.75, 3.05) is 4.90 Å². The first-order valence-electron chi connectivity index (χ1n) is 5.79. The Morgan fingerprint density at radius 3 is 2.35 bits per heavy atom. The Bertz CT molecular complexity index is 608. The van der Waals surface area contributed by atoms with Gasteiger partial charge in [-0.2, -0.15) is 0 Å². The maximum Gasteiger partial charge on any atom is 0.338 e. The van der Waals surface area contributed by atoms with Gasteiger partial charge in [0.2, 0.25) is 11.8 Å². The molecule has 0 spiro atoms. The summed E-state index contributed by atoms with van der Waals surface area (Å²) in [6.07, 6.45) is 0.702. The lowest BCUT2D eigenvalue weighted by Gasteiger charge is -2.25. The number of hydrogen-bond donors (Lipinski definition) is 1.